The standard InChI is InChI=1S/C21H23Cl2N3O6S/c1-3-31-21(28)12(2)24-25-14-9-16(22)20(17(23)10-14)32-15-7-8-18(27)19(11-15)33(29,30)26-13-5-4-6-13/h7-11,13,25-27H,3-6H2,1-2H3/b24-12-. The van der Waals surface area contributed by atoms with Gasteiger partial charge in [0, 0.05) is 12.1 Å². The smallest absolute Gasteiger partial charge is 0.354 e. The number of nitrogens with zero attached hydrogens (tertiary/aromatic N) is 1. The van der Waals surface area contributed by atoms with Crippen LogP contribution in [0.2, 0.25) is 10.0 Å². The minimum Gasteiger partial charge on any atom is -0.507 e. The molecule has 3 rings (SSSR count). The lowest BCUT2D eigenvalue weighted by atomic mass is 9.94. The Hall–Kier alpha value is -2.53. The van der Waals surface area contributed by atoms with Crippen molar-refractivity contribution in [3.8, 4) is 17.2 Å². The van der Waals surface area contributed by atoms with E-state index in [9.17, 15) is 18.3 Å². The van der Waals surface area contributed by atoms with Crippen LogP contribution in [0.3, 0.4) is 0 Å². The number of phenolic OH excluding ortho intramolecular Hbond substituents is 1. The third-order valence-electron chi connectivity index (χ3n) is 4.79. The molecule has 0 unspecified atom stereocenters. The van der Waals surface area contributed by atoms with Crippen molar-refractivity contribution in [2.45, 2.75) is 44.0 Å². The Morgan fingerprint density at radius 3 is 2.45 bits per heavy atom. The molecule has 1 aliphatic rings. The molecular weight excluding hydrogens is 493 g/mol. The lowest BCUT2D eigenvalue weighted by Gasteiger charge is -2.26. The molecular formula is C21H23Cl2N3O6S. The van der Waals surface area contributed by atoms with Gasteiger partial charge in [0.2, 0.25) is 10.0 Å². The van der Waals surface area contributed by atoms with E-state index in [1.165, 1.54) is 37.3 Å². The fourth-order valence-corrected chi connectivity index (χ4v) is 4.83. The SMILES string of the molecule is CCOC(=O)/C(C)=N\Nc1cc(Cl)c(Oc2ccc(O)c(S(=O)(=O)NC3CCC3)c2)c(Cl)c1. The van der Waals surface area contributed by atoms with Crippen molar-refractivity contribution in [2.24, 2.45) is 5.10 Å². The maximum absolute atomic E-state index is 12.6. The number of benzene rings is 2. The molecule has 12 heteroatoms. The molecule has 1 fully saturated rings. The van der Waals surface area contributed by atoms with Gasteiger partial charge in [0.25, 0.3) is 0 Å². The monoisotopic (exact) mass is 515 g/mol. The maximum Gasteiger partial charge on any atom is 0.354 e. The molecule has 0 aliphatic heterocycles. The van der Waals surface area contributed by atoms with Gasteiger partial charge in [-0.25, -0.2) is 17.9 Å². The van der Waals surface area contributed by atoms with Crippen molar-refractivity contribution in [3.05, 3.63) is 40.4 Å². The Labute approximate surface area is 201 Å². The number of halogens is 2. The molecule has 9 nitrogen and oxygen atoms in total. The van der Waals surface area contributed by atoms with Crippen molar-refractivity contribution >= 4 is 50.6 Å². The van der Waals surface area contributed by atoms with Gasteiger partial charge in [0.15, 0.2) is 5.75 Å². The van der Waals surface area contributed by atoms with Crippen LogP contribution in [-0.4, -0.2) is 37.9 Å². The highest BCUT2D eigenvalue weighted by atomic mass is 35.5. The third-order valence-corrected chi connectivity index (χ3v) is 6.90. The first-order chi connectivity index (χ1) is 15.6. The van der Waals surface area contributed by atoms with Crippen LogP contribution in [0.5, 0.6) is 17.2 Å². The van der Waals surface area contributed by atoms with Crippen LogP contribution in [0.15, 0.2) is 40.3 Å². The molecule has 0 amide bonds. The van der Waals surface area contributed by atoms with Crippen LogP contribution in [0, 0.1) is 0 Å². The van der Waals surface area contributed by atoms with Crippen molar-refractivity contribution in [3.63, 3.8) is 0 Å². The highest BCUT2D eigenvalue weighted by molar-refractivity contribution is 7.89. The number of carbonyl (C=O) groups is 1. The number of hydrazone groups is 1. The van der Waals surface area contributed by atoms with Crippen molar-refractivity contribution in [1.82, 2.24) is 4.72 Å². The molecule has 33 heavy (non-hydrogen) atoms. The number of sulfonamides is 1. The molecule has 0 spiro atoms. The summed E-state index contributed by atoms with van der Waals surface area (Å²) < 4.78 is 38.4. The first kappa shape index (κ1) is 25.1. The van der Waals surface area contributed by atoms with Gasteiger partial charge < -0.3 is 14.6 Å². The van der Waals surface area contributed by atoms with Gasteiger partial charge in [-0.1, -0.05) is 29.6 Å². The zero-order chi connectivity index (χ0) is 24.2. The van der Waals surface area contributed by atoms with Gasteiger partial charge in [-0.05, 0) is 51.0 Å². The average Bonchev–Trinajstić information content (AvgIpc) is 2.73. The normalized spacial score (nSPS) is 14.5. The molecule has 2 aromatic rings. The molecule has 178 valence electrons. The van der Waals surface area contributed by atoms with E-state index in [0.29, 0.717) is 5.69 Å². The molecule has 0 saturated heterocycles. The van der Waals surface area contributed by atoms with Gasteiger partial charge in [-0.2, -0.15) is 5.10 Å². The molecule has 0 radical (unpaired) electrons. The number of ether oxygens (including phenoxy) is 2. The molecule has 3 N–H and O–H groups in total. The molecule has 0 aromatic heterocycles. The minimum atomic E-state index is -3.93. The van der Waals surface area contributed by atoms with Crippen molar-refractivity contribution in [2.75, 3.05) is 12.0 Å². The summed E-state index contributed by atoms with van der Waals surface area (Å²) in [7, 11) is -3.93. The second-order valence-corrected chi connectivity index (χ2v) is 9.78. The number of esters is 1. The Morgan fingerprint density at radius 1 is 1.21 bits per heavy atom. The van der Waals surface area contributed by atoms with E-state index in [-0.39, 0.29) is 44.8 Å². The first-order valence-electron chi connectivity index (χ1n) is 10.1. The van der Waals surface area contributed by atoms with E-state index in [4.69, 9.17) is 32.7 Å². The lowest BCUT2D eigenvalue weighted by molar-refractivity contribution is -0.135. The Morgan fingerprint density at radius 2 is 1.88 bits per heavy atom. The summed E-state index contributed by atoms with van der Waals surface area (Å²) in [6.45, 7) is 3.41. The first-order valence-corrected chi connectivity index (χ1v) is 12.3. The molecule has 2 aromatic carbocycles. The number of anilines is 1. The summed E-state index contributed by atoms with van der Waals surface area (Å²) in [5.41, 5.74) is 3.16. The fraction of sp³-hybridized carbons (Fsp3) is 0.333. The van der Waals surface area contributed by atoms with Crippen LogP contribution in [0.4, 0.5) is 5.69 Å². The quantitative estimate of drug-likeness (QED) is 0.251. The third kappa shape index (κ3) is 6.29. The minimum absolute atomic E-state index is 0.0796. The van der Waals surface area contributed by atoms with Crippen LogP contribution in [-0.2, 0) is 19.6 Å². The largest absolute Gasteiger partial charge is 0.507 e. The number of nitrogens with one attached hydrogen (secondary N) is 2. The summed E-state index contributed by atoms with van der Waals surface area (Å²) >= 11 is 12.6. The maximum atomic E-state index is 12.6. The van der Waals surface area contributed by atoms with Gasteiger partial charge >= 0.3 is 5.97 Å². The van der Waals surface area contributed by atoms with Crippen LogP contribution < -0.4 is 14.9 Å². The summed E-state index contributed by atoms with van der Waals surface area (Å²) in [5, 5.41) is 14.2. The molecule has 1 saturated carbocycles. The van der Waals surface area contributed by atoms with E-state index in [1.807, 2.05) is 0 Å². The van der Waals surface area contributed by atoms with Gasteiger partial charge in [0.05, 0.1) is 22.3 Å². The predicted octanol–water partition coefficient (Wildman–Crippen LogP) is 4.67. The highest BCUT2D eigenvalue weighted by Crippen LogP contribution is 2.40. The lowest BCUT2D eigenvalue weighted by Crippen LogP contribution is -2.39. The fourth-order valence-electron chi connectivity index (χ4n) is 2.85. The highest BCUT2D eigenvalue weighted by Gasteiger charge is 2.27. The number of aromatic hydroxyl groups is 1. The van der Waals surface area contributed by atoms with Crippen molar-refractivity contribution in [1.29, 1.82) is 0 Å². The molecule has 0 atom stereocenters. The predicted molar refractivity (Wildman–Crippen MR) is 126 cm³/mol. The van der Waals surface area contributed by atoms with Crippen molar-refractivity contribution < 1.29 is 27.8 Å². The number of rotatable bonds is 9. The molecule has 0 heterocycles. The molecule has 1 aliphatic carbocycles. The zero-order valence-electron chi connectivity index (χ0n) is 17.9. The average molecular weight is 516 g/mol. The van der Waals surface area contributed by atoms with Gasteiger partial charge in [-0.15, -0.1) is 0 Å². The molecule has 0 bridgehead atoms. The number of carbonyl (C=O) groups excluding carboxylic acids is 1. The summed E-state index contributed by atoms with van der Waals surface area (Å²) in [5.74, 6) is -0.772. The van der Waals surface area contributed by atoms with Gasteiger partial charge in [-0.3, -0.25) is 5.43 Å². The van der Waals surface area contributed by atoms with Crippen LogP contribution in [0.1, 0.15) is 33.1 Å². The van der Waals surface area contributed by atoms with E-state index in [0.717, 1.165) is 19.3 Å². The van der Waals surface area contributed by atoms with E-state index >= 15 is 0 Å². The Balaban J connectivity index is 1.79. The second kappa shape index (κ2) is 10.6. The van der Waals surface area contributed by atoms with E-state index in [1.54, 1.807) is 6.92 Å². The summed E-state index contributed by atoms with van der Waals surface area (Å²) in [4.78, 5) is 11.3. The van der Waals surface area contributed by atoms with E-state index < -0.39 is 21.7 Å². The number of phenols is 1. The Kier molecular flexibility index (Phi) is 8.06. The van der Waals surface area contributed by atoms with Crippen LogP contribution >= 0.6 is 23.2 Å². The van der Waals surface area contributed by atoms with E-state index in [2.05, 4.69) is 15.2 Å². The van der Waals surface area contributed by atoms with Gasteiger partial charge in [0.1, 0.15) is 22.1 Å². The number of hydrogen-bond acceptors (Lipinski definition) is 8. The summed E-state index contributed by atoms with van der Waals surface area (Å²) in [6, 6.07) is 6.61. The topological polar surface area (TPSA) is 126 Å². The van der Waals surface area contributed by atoms with Crippen LogP contribution in [0.25, 0.3) is 0 Å². The Bertz CT molecular complexity index is 1160. The zero-order valence-corrected chi connectivity index (χ0v) is 20.2. The summed E-state index contributed by atoms with van der Waals surface area (Å²) in [6.07, 6.45) is 2.47. The second-order valence-electron chi connectivity index (χ2n) is 7.28. The number of hydrogen-bond donors (Lipinski definition) is 3.